The average molecular weight is 340 g/mol. The van der Waals surface area contributed by atoms with Crippen molar-refractivity contribution in [3.8, 4) is 5.88 Å². The van der Waals surface area contributed by atoms with Gasteiger partial charge in [0.05, 0.1) is 11.4 Å². The van der Waals surface area contributed by atoms with Gasteiger partial charge in [-0.05, 0) is 24.6 Å². The van der Waals surface area contributed by atoms with Gasteiger partial charge >= 0.3 is 0 Å². The molecule has 22 heavy (non-hydrogen) atoms. The van der Waals surface area contributed by atoms with Crippen molar-refractivity contribution in [2.75, 3.05) is 13.1 Å². The highest BCUT2D eigenvalue weighted by Crippen LogP contribution is 2.24. The van der Waals surface area contributed by atoms with E-state index < -0.39 is 10.0 Å². The maximum Gasteiger partial charge on any atom is 0.243 e. The van der Waals surface area contributed by atoms with Gasteiger partial charge in [-0.1, -0.05) is 17.7 Å². The van der Waals surface area contributed by atoms with Gasteiger partial charge in [-0.2, -0.15) is 4.31 Å². The molecule has 2 heterocycles. The van der Waals surface area contributed by atoms with Crippen molar-refractivity contribution >= 4 is 21.6 Å². The lowest BCUT2D eigenvalue weighted by atomic mass is 10.3. The van der Waals surface area contributed by atoms with Gasteiger partial charge in [-0.3, -0.25) is 0 Å². The summed E-state index contributed by atoms with van der Waals surface area (Å²) >= 11 is 5.87. The van der Waals surface area contributed by atoms with E-state index in [1.54, 1.807) is 30.5 Å². The van der Waals surface area contributed by atoms with E-state index in [2.05, 4.69) is 9.97 Å². The summed E-state index contributed by atoms with van der Waals surface area (Å²) in [6, 6.07) is 7.91. The number of hydrogen-bond acceptors (Lipinski definition) is 5. The summed E-state index contributed by atoms with van der Waals surface area (Å²) in [6.07, 6.45) is 3.37. The Morgan fingerprint density at radius 2 is 2.18 bits per heavy atom. The number of sulfonamides is 1. The lowest BCUT2D eigenvalue weighted by Crippen LogP contribution is -2.31. The Morgan fingerprint density at radius 1 is 1.32 bits per heavy atom. The topological polar surface area (TPSA) is 72.4 Å². The Kier molecular flexibility index (Phi) is 4.28. The number of nitrogens with zero attached hydrogens (tertiary/aromatic N) is 3. The van der Waals surface area contributed by atoms with E-state index in [0.717, 1.165) is 0 Å². The Hall–Kier alpha value is -1.70. The van der Waals surface area contributed by atoms with Crippen LogP contribution in [-0.4, -0.2) is 41.9 Å². The minimum absolute atomic E-state index is 0.197. The fraction of sp³-hybridized carbons (Fsp3) is 0.286. The van der Waals surface area contributed by atoms with Crippen LogP contribution in [0.4, 0.5) is 0 Å². The van der Waals surface area contributed by atoms with E-state index in [1.165, 1.54) is 16.7 Å². The zero-order valence-corrected chi connectivity index (χ0v) is 13.2. The number of aromatic nitrogens is 2. The molecule has 0 amide bonds. The summed E-state index contributed by atoms with van der Waals surface area (Å²) < 4.78 is 32.2. The number of ether oxygens (including phenoxy) is 1. The quantitative estimate of drug-likeness (QED) is 0.851. The largest absolute Gasteiger partial charge is 0.473 e. The summed E-state index contributed by atoms with van der Waals surface area (Å²) in [5, 5.41) is 0.397. The molecule has 2 aromatic rings. The van der Waals surface area contributed by atoms with Crippen LogP contribution in [0.1, 0.15) is 6.42 Å². The monoisotopic (exact) mass is 339 g/mol. The molecule has 116 valence electrons. The predicted octanol–water partition coefficient (Wildman–Crippen LogP) is 1.97. The minimum Gasteiger partial charge on any atom is -0.473 e. The third-order valence-electron chi connectivity index (χ3n) is 3.38. The Morgan fingerprint density at radius 3 is 2.91 bits per heavy atom. The molecule has 1 saturated heterocycles. The van der Waals surface area contributed by atoms with Crippen LogP contribution in [0.25, 0.3) is 0 Å². The molecule has 1 aromatic carbocycles. The molecule has 0 bridgehead atoms. The van der Waals surface area contributed by atoms with Crippen LogP contribution in [-0.2, 0) is 10.0 Å². The van der Waals surface area contributed by atoms with E-state index in [4.69, 9.17) is 16.3 Å². The molecule has 0 N–H and O–H groups in total. The van der Waals surface area contributed by atoms with Gasteiger partial charge in [0.15, 0.2) is 0 Å². The van der Waals surface area contributed by atoms with Crippen LogP contribution in [0.5, 0.6) is 5.88 Å². The molecule has 1 atom stereocenters. The Labute approximate surface area is 133 Å². The van der Waals surface area contributed by atoms with E-state index in [1.807, 2.05) is 0 Å². The summed E-state index contributed by atoms with van der Waals surface area (Å²) in [7, 11) is -3.55. The van der Waals surface area contributed by atoms with Crippen LogP contribution in [0.3, 0.4) is 0 Å². The molecule has 0 saturated carbocycles. The lowest BCUT2D eigenvalue weighted by molar-refractivity contribution is 0.206. The highest BCUT2D eigenvalue weighted by molar-refractivity contribution is 7.89. The molecule has 0 aliphatic carbocycles. The van der Waals surface area contributed by atoms with Crippen molar-refractivity contribution < 1.29 is 13.2 Å². The molecule has 0 spiro atoms. The molecule has 3 rings (SSSR count). The van der Waals surface area contributed by atoms with Gasteiger partial charge in [-0.25, -0.2) is 18.4 Å². The molecule has 1 fully saturated rings. The third-order valence-corrected chi connectivity index (χ3v) is 5.48. The molecule has 1 aliphatic rings. The normalized spacial score (nSPS) is 19.2. The van der Waals surface area contributed by atoms with Gasteiger partial charge in [0, 0.05) is 23.8 Å². The van der Waals surface area contributed by atoms with Crippen LogP contribution in [0.2, 0.25) is 5.02 Å². The van der Waals surface area contributed by atoms with Crippen molar-refractivity contribution in [3.63, 3.8) is 0 Å². The molecule has 6 nitrogen and oxygen atoms in total. The molecular formula is C14H14ClN3O3S. The van der Waals surface area contributed by atoms with Gasteiger partial charge in [0.1, 0.15) is 12.4 Å². The highest BCUT2D eigenvalue weighted by Gasteiger charge is 2.33. The summed E-state index contributed by atoms with van der Waals surface area (Å²) in [5.41, 5.74) is 0. The van der Waals surface area contributed by atoms with E-state index >= 15 is 0 Å². The second-order valence-electron chi connectivity index (χ2n) is 4.90. The van der Waals surface area contributed by atoms with E-state index in [0.29, 0.717) is 30.4 Å². The molecule has 8 heteroatoms. The Bertz CT molecular complexity index is 755. The van der Waals surface area contributed by atoms with Gasteiger partial charge in [0.25, 0.3) is 0 Å². The van der Waals surface area contributed by atoms with Gasteiger partial charge in [-0.15, -0.1) is 0 Å². The minimum atomic E-state index is -3.55. The average Bonchev–Trinajstić information content (AvgIpc) is 2.97. The Balaban J connectivity index is 1.72. The van der Waals surface area contributed by atoms with Crippen molar-refractivity contribution in [2.24, 2.45) is 0 Å². The van der Waals surface area contributed by atoms with Crippen molar-refractivity contribution in [2.45, 2.75) is 17.4 Å². The first-order chi connectivity index (χ1) is 10.6. The van der Waals surface area contributed by atoms with E-state index in [9.17, 15) is 8.42 Å². The van der Waals surface area contributed by atoms with Crippen LogP contribution >= 0.6 is 11.6 Å². The number of halogens is 1. The summed E-state index contributed by atoms with van der Waals surface area (Å²) in [6.45, 7) is 0.698. The number of hydrogen-bond donors (Lipinski definition) is 0. The van der Waals surface area contributed by atoms with Crippen molar-refractivity contribution in [1.82, 2.24) is 14.3 Å². The summed E-state index contributed by atoms with van der Waals surface area (Å²) in [5.74, 6) is 0.446. The zero-order chi connectivity index (χ0) is 15.6. The smallest absolute Gasteiger partial charge is 0.243 e. The van der Waals surface area contributed by atoms with Crippen LogP contribution in [0, 0.1) is 0 Å². The van der Waals surface area contributed by atoms with Crippen molar-refractivity contribution in [3.05, 3.63) is 47.9 Å². The van der Waals surface area contributed by atoms with Gasteiger partial charge in [0.2, 0.25) is 15.9 Å². The second-order valence-corrected chi connectivity index (χ2v) is 7.27. The maximum atomic E-state index is 12.6. The van der Waals surface area contributed by atoms with Crippen LogP contribution in [0.15, 0.2) is 47.8 Å². The molecular weight excluding hydrogens is 326 g/mol. The van der Waals surface area contributed by atoms with Gasteiger partial charge < -0.3 is 4.74 Å². The first-order valence-corrected chi connectivity index (χ1v) is 8.56. The molecule has 0 radical (unpaired) electrons. The highest BCUT2D eigenvalue weighted by atomic mass is 35.5. The lowest BCUT2D eigenvalue weighted by Gasteiger charge is -2.17. The van der Waals surface area contributed by atoms with E-state index in [-0.39, 0.29) is 11.0 Å². The fourth-order valence-corrected chi connectivity index (χ4v) is 4.10. The summed E-state index contributed by atoms with van der Waals surface area (Å²) in [4.78, 5) is 7.99. The standard InChI is InChI=1S/C14H14ClN3O3S/c15-11-2-1-3-13(8-11)22(19,20)18-7-5-12(9-18)21-14-4-6-16-10-17-14/h1-4,6,8,10,12H,5,7,9H2. The van der Waals surface area contributed by atoms with Crippen LogP contribution < -0.4 is 4.74 Å². The molecule has 1 unspecified atom stereocenters. The number of rotatable bonds is 4. The third kappa shape index (κ3) is 3.21. The second kappa shape index (κ2) is 6.20. The molecule has 1 aliphatic heterocycles. The SMILES string of the molecule is O=S(=O)(c1cccc(Cl)c1)N1CCC(Oc2ccncn2)C1. The fourth-order valence-electron chi connectivity index (χ4n) is 2.31. The maximum absolute atomic E-state index is 12.6. The zero-order valence-electron chi connectivity index (χ0n) is 11.6. The first-order valence-electron chi connectivity index (χ1n) is 6.74. The predicted molar refractivity (Wildman–Crippen MR) is 81.3 cm³/mol. The number of benzene rings is 1. The van der Waals surface area contributed by atoms with Crippen molar-refractivity contribution in [1.29, 1.82) is 0 Å². The first kappa shape index (κ1) is 15.2. The molecule has 1 aromatic heterocycles.